The van der Waals surface area contributed by atoms with Crippen molar-refractivity contribution in [2.24, 2.45) is 0 Å². The van der Waals surface area contributed by atoms with Crippen LogP contribution in [0.1, 0.15) is 15.9 Å². The molecule has 0 saturated carbocycles. The fourth-order valence-electron chi connectivity index (χ4n) is 2.43. The molecule has 0 N–H and O–H groups in total. The Labute approximate surface area is 135 Å². The Morgan fingerprint density at radius 1 is 1.09 bits per heavy atom. The number of ether oxygens (including phenoxy) is 1. The van der Waals surface area contributed by atoms with Crippen LogP contribution in [0, 0.1) is 6.92 Å². The van der Waals surface area contributed by atoms with Crippen LogP contribution in [0.5, 0.6) is 0 Å². The number of amides is 1. The Balaban J connectivity index is 1.86. The number of hydrogen-bond donors (Lipinski definition) is 0. The zero-order valence-corrected chi connectivity index (χ0v) is 13.6. The van der Waals surface area contributed by atoms with Crippen molar-refractivity contribution in [3.8, 4) is 0 Å². The molecule has 2 aromatic rings. The highest BCUT2D eigenvalue weighted by Gasteiger charge is 2.22. The molecule has 0 radical (unpaired) electrons. The molecule has 6 nitrogen and oxygen atoms in total. The van der Waals surface area contributed by atoms with E-state index in [0.717, 1.165) is 9.54 Å². The van der Waals surface area contributed by atoms with Crippen LogP contribution in [-0.4, -0.2) is 49.5 Å². The van der Waals surface area contributed by atoms with Gasteiger partial charge in [0, 0.05) is 25.5 Å². The van der Waals surface area contributed by atoms with Gasteiger partial charge in [-0.1, -0.05) is 17.7 Å². The summed E-state index contributed by atoms with van der Waals surface area (Å²) in [4.78, 5) is 14.2. The average molecular weight is 334 g/mol. The molecule has 1 fully saturated rings. The molecule has 7 heteroatoms. The largest absolute Gasteiger partial charge is 0.378 e. The molecule has 0 spiro atoms. The summed E-state index contributed by atoms with van der Waals surface area (Å²) < 4.78 is 31.5. The van der Waals surface area contributed by atoms with Gasteiger partial charge in [-0.15, -0.1) is 0 Å². The molecule has 0 atom stereocenters. The summed E-state index contributed by atoms with van der Waals surface area (Å²) in [5.74, 6) is -0.175. The molecule has 1 amide bonds. The van der Waals surface area contributed by atoms with Gasteiger partial charge >= 0.3 is 0 Å². The summed E-state index contributed by atoms with van der Waals surface area (Å²) in [6.07, 6.45) is 2.77. The lowest BCUT2D eigenvalue weighted by atomic mass is 10.2. The van der Waals surface area contributed by atoms with E-state index in [0.29, 0.717) is 31.9 Å². The smallest absolute Gasteiger partial charge is 0.267 e. The van der Waals surface area contributed by atoms with E-state index < -0.39 is 10.0 Å². The Morgan fingerprint density at radius 2 is 1.74 bits per heavy atom. The van der Waals surface area contributed by atoms with Crippen LogP contribution in [-0.2, 0) is 14.8 Å². The van der Waals surface area contributed by atoms with Crippen molar-refractivity contribution in [3.63, 3.8) is 0 Å². The fourth-order valence-corrected chi connectivity index (χ4v) is 3.63. The third-order valence-electron chi connectivity index (χ3n) is 3.81. The molecule has 1 saturated heterocycles. The van der Waals surface area contributed by atoms with E-state index >= 15 is 0 Å². The molecule has 122 valence electrons. The molecule has 1 aromatic carbocycles. The van der Waals surface area contributed by atoms with Crippen LogP contribution in [0.25, 0.3) is 0 Å². The zero-order valence-electron chi connectivity index (χ0n) is 12.8. The van der Waals surface area contributed by atoms with Gasteiger partial charge in [0.1, 0.15) is 0 Å². The molecule has 0 bridgehead atoms. The Bertz CT molecular complexity index is 803. The Morgan fingerprint density at radius 3 is 2.39 bits per heavy atom. The molecule has 3 rings (SSSR count). The lowest BCUT2D eigenvalue weighted by Crippen LogP contribution is -2.40. The number of morpholine rings is 1. The van der Waals surface area contributed by atoms with Crippen LogP contribution in [0.2, 0.25) is 0 Å². The fraction of sp³-hybridized carbons (Fsp3) is 0.312. The number of carbonyl (C=O) groups is 1. The molecule has 0 aliphatic carbocycles. The van der Waals surface area contributed by atoms with Gasteiger partial charge in [-0.3, -0.25) is 4.79 Å². The van der Waals surface area contributed by atoms with Crippen molar-refractivity contribution < 1.29 is 17.9 Å². The maximum Gasteiger partial charge on any atom is 0.267 e. The first-order valence-electron chi connectivity index (χ1n) is 7.36. The zero-order chi connectivity index (χ0) is 16.4. The van der Waals surface area contributed by atoms with Crippen molar-refractivity contribution in [3.05, 3.63) is 53.9 Å². The standard InChI is InChI=1S/C16H18N2O4S/c1-13-2-4-15(5-3-13)23(20,21)18-7-6-14(12-18)16(19)17-8-10-22-11-9-17/h2-7,12H,8-11H2,1H3. The van der Waals surface area contributed by atoms with Gasteiger partial charge in [0.15, 0.2) is 0 Å². The third-order valence-corrected chi connectivity index (χ3v) is 5.46. The minimum absolute atomic E-state index is 0.175. The van der Waals surface area contributed by atoms with E-state index in [9.17, 15) is 13.2 Å². The number of aromatic nitrogens is 1. The van der Waals surface area contributed by atoms with Gasteiger partial charge in [-0.05, 0) is 25.1 Å². The summed E-state index contributed by atoms with van der Waals surface area (Å²) >= 11 is 0. The van der Waals surface area contributed by atoms with Crippen LogP contribution >= 0.6 is 0 Å². The first-order chi connectivity index (χ1) is 11.0. The minimum atomic E-state index is -3.68. The molecule has 1 aliphatic heterocycles. The predicted octanol–water partition coefficient (Wildman–Crippen LogP) is 1.51. The summed E-state index contributed by atoms with van der Waals surface area (Å²) in [6, 6.07) is 8.15. The van der Waals surface area contributed by atoms with Crippen molar-refractivity contribution in [2.45, 2.75) is 11.8 Å². The molecular formula is C16H18N2O4S. The van der Waals surface area contributed by atoms with Crippen molar-refractivity contribution in [1.29, 1.82) is 0 Å². The number of aryl methyl sites for hydroxylation is 1. The average Bonchev–Trinajstić information content (AvgIpc) is 3.06. The quantitative estimate of drug-likeness (QED) is 0.853. The van der Waals surface area contributed by atoms with Crippen molar-refractivity contribution in [1.82, 2.24) is 8.87 Å². The second kappa shape index (κ2) is 6.17. The normalized spacial score (nSPS) is 15.6. The van der Waals surface area contributed by atoms with E-state index in [1.54, 1.807) is 29.2 Å². The summed E-state index contributed by atoms with van der Waals surface area (Å²) in [5, 5.41) is 0. The van der Waals surface area contributed by atoms with Crippen LogP contribution in [0.3, 0.4) is 0 Å². The lowest BCUT2D eigenvalue weighted by Gasteiger charge is -2.26. The molecule has 23 heavy (non-hydrogen) atoms. The molecule has 1 aliphatic rings. The van der Waals surface area contributed by atoms with Gasteiger partial charge in [0.25, 0.3) is 15.9 Å². The van der Waals surface area contributed by atoms with Crippen LogP contribution < -0.4 is 0 Å². The number of hydrogen-bond acceptors (Lipinski definition) is 4. The summed E-state index contributed by atoms with van der Waals surface area (Å²) in [6.45, 7) is 3.96. The van der Waals surface area contributed by atoms with Crippen molar-refractivity contribution >= 4 is 15.9 Å². The van der Waals surface area contributed by atoms with Crippen LogP contribution in [0.4, 0.5) is 0 Å². The van der Waals surface area contributed by atoms with E-state index in [4.69, 9.17) is 4.74 Å². The maximum absolute atomic E-state index is 12.6. The SMILES string of the molecule is Cc1ccc(S(=O)(=O)n2ccc(C(=O)N3CCOCC3)c2)cc1. The summed E-state index contributed by atoms with van der Waals surface area (Å²) in [5.41, 5.74) is 1.35. The second-order valence-corrected chi connectivity index (χ2v) is 7.30. The first-order valence-corrected chi connectivity index (χ1v) is 8.80. The van der Waals surface area contributed by atoms with Crippen LogP contribution in [0.15, 0.2) is 47.6 Å². The number of rotatable bonds is 3. The number of benzene rings is 1. The number of carbonyl (C=O) groups excluding carboxylic acids is 1. The minimum Gasteiger partial charge on any atom is -0.378 e. The van der Waals surface area contributed by atoms with Gasteiger partial charge in [0.2, 0.25) is 0 Å². The van der Waals surface area contributed by atoms with E-state index in [1.807, 2.05) is 6.92 Å². The molecule has 0 unspecified atom stereocenters. The monoisotopic (exact) mass is 334 g/mol. The highest BCUT2D eigenvalue weighted by molar-refractivity contribution is 7.90. The van der Waals surface area contributed by atoms with E-state index in [1.165, 1.54) is 18.5 Å². The maximum atomic E-state index is 12.6. The van der Waals surface area contributed by atoms with Gasteiger partial charge in [0.05, 0.1) is 23.7 Å². The highest BCUT2D eigenvalue weighted by Crippen LogP contribution is 2.17. The lowest BCUT2D eigenvalue weighted by molar-refractivity contribution is 0.0303. The highest BCUT2D eigenvalue weighted by atomic mass is 32.2. The first kappa shape index (κ1) is 15.8. The molecular weight excluding hydrogens is 316 g/mol. The number of nitrogens with zero attached hydrogens (tertiary/aromatic N) is 2. The summed E-state index contributed by atoms with van der Waals surface area (Å²) in [7, 11) is -3.68. The van der Waals surface area contributed by atoms with Gasteiger partial charge in [-0.2, -0.15) is 0 Å². The Hall–Kier alpha value is -2.12. The second-order valence-electron chi connectivity index (χ2n) is 5.45. The third kappa shape index (κ3) is 3.16. The topological polar surface area (TPSA) is 68.6 Å². The molecule has 1 aromatic heterocycles. The van der Waals surface area contributed by atoms with E-state index in [-0.39, 0.29) is 10.8 Å². The van der Waals surface area contributed by atoms with Gasteiger partial charge in [-0.25, -0.2) is 12.4 Å². The Kier molecular flexibility index (Phi) is 4.23. The van der Waals surface area contributed by atoms with Gasteiger partial charge < -0.3 is 9.64 Å². The van der Waals surface area contributed by atoms with Crippen molar-refractivity contribution in [2.75, 3.05) is 26.3 Å². The molecule has 2 heterocycles. The van der Waals surface area contributed by atoms with E-state index in [2.05, 4.69) is 0 Å². The predicted molar refractivity (Wildman–Crippen MR) is 84.9 cm³/mol.